The Kier molecular flexibility index (Phi) is 5.41. The van der Waals surface area contributed by atoms with Crippen molar-refractivity contribution < 1.29 is 4.79 Å². The Balaban J connectivity index is 1.47. The lowest BCUT2D eigenvalue weighted by Crippen LogP contribution is -2.19. The van der Waals surface area contributed by atoms with Gasteiger partial charge in [-0.05, 0) is 55.4 Å². The largest absolute Gasteiger partial charge is 0.342 e. The molecule has 32 heavy (non-hydrogen) atoms. The lowest BCUT2D eigenvalue weighted by atomic mass is 10.1. The summed E-state index contributed by atoms with van der Waals surface area (Å²) in [4.78, 5) is 17.8. The fourth-order valence-corrected chi connectivity index (χ4v) is 4.72. The molecule has 5 rings (SSSR count). The molecular weight excluding hydrogens is 414 g/mol. The summed E-state index contributed by atoms with van der Waals surface area (Å²) in [6, 6.07) is 24.8. The molecule has 4 nitrogen and oxygen atoms in total. The molecule has 1 saturated heterocycles. The number of amides is 1. The summed E-state index contributed by atoms with van der Waals surface area (Å²) < 4.78 is 2.25. The number of amidine groups is 1. The van der Waals surface area contributed by atoms with Gasteiger partial charge in [-0.3, -0.25) is 4.79 Å². The molecule has 4 aromatic rings. The number of hydrogen-bond donors (Lipinski definition) is 1. The van der Waals surface area contributed by atoms with Crippen LogP contribution in [0.5, 0.6) is 0 Å². The number of aromatic nitrogens is 1. The van der Waals surface area contributed by atoms with E-state index in [2.05, 4.69) is 70.5 Å². The van der Waals surface area contributed by atoms with Crippen molar-refractivity contribution in [3.63, 3.8) is 0 Å². The number of benzene rings is 3. The Hall–Kier alpha value is -3.57. The van der Waals surface area contributed by atoms with Gasteiger partial charge in [-0.25, -0.2) is 4.99 Å². The highest BCUT2D eigenvalue weighted by Crippen LogP contribution is 2.31. The fraction of sp³-hybridized carbons (Fsp3) is 0.111. The van der Waals surface area contributed by atoms with Crippen LogP contribution in [0.25, 0.3) is 17.0 Å². The van der Waals surface area contributed by atoms with Crippen LogP contribution < -0.4 is 5.32 Å². The molecule has 1 aliphatic heterocycles. The first-order valence-corrected chi connectivity index (χ1v) is 11.4. The van der Waals surface area contributed by atoms with Crippen LogP contribution in [0.15, 0.2) is 88.9 Å². The molecule has 0 radical (unpaired) electrons. The van der Waals surface area contributed by atoms with E-state index >= 15 is 0 Å². The molecule has 5 heteroatoms. The first-order valence-electron chi connectivity index (χ1n) is 10.5. The van der Waals surface area contributed by atoms with Gasteiger partial charge in [0.15, 0.2) is 5.17 Å². The van der Waals surface area contributed by atoms with Gasteiger partial charge in [0.1, 0.15) is 0 Å². The van der Waals surface area contributed by atoms with Crippen LogP contribution in [-0.4, -0.2) is 15.6 Å². The molecule has 1 N–H and O–H groups in total. The number of aliphatic imine (C=N–C) groups is 1. The maximum Gasteiger partial charge on any atom is 0.264 e. The quantitative estimate of drug-likeness (QED) is 0.387. The normalized spacial score (nSPS) is 16.2. The molecule has 0 aliphatic carbocycles. The second-order valence-electron chi connectivity index (χ2n) is 8.04. The maximum absolute atomic E-state index is 12.6. The number of rotatable bonds is 4. The van der Waals surface area contributed by atoms with Gasteiger partial charge in [0.25, 0.3) is 5.91 Å². The molecule has 1 amide bonds. The first-order chi connectivity index (χ1) is 15.5. The SMILES string of the molecule is Cc1ccc(N=C2NC(=O)/C(=C/c3cn(Cc4cccc(C)c4)c4ccccc34)S2)cc1. The lowest BCUT2D eigenvalue weighted by molar-refractivity contribution is -0.115. The van der Waals surface area contributed by atoms with Crippen molar-refractivity contribution in [1.82, 2.24) is 9.88 Å². The lowest BCUT2D eigenvalue weighted by Gasteiger charge is -2.06. The van der Waals surface area contributed by atoms with Gasteiger partial charge >= 0.3 is 0 Å². The van der Waals surface area contributed by atoms with Crippen molar-refractivity contribution in [2.75, 3.05) is 0 Å². The second-order valence-corrected chi connectivity index (χ2v) is 9.07. The number of nitrogens with one attached hydrogen (secondary N) is 1. The van der Waals surface area contributed by atoms with E-state index in [1.165, 1.54) is 28.5 Å². The van der Waals surface area contributed by atoms with Crippen molar-refractivity contribution in [2.45, 2.75) is 20.4 Å². The number of para-hydroxylation sites is 1. The van der Waals surface area contributed by atoms with Gasteiger partial charge in [-0.15, -0.1) is 0 Å². The Morgan fingerprint density at radius 2 is 1.78 bits per heavy atom. The van der Waals surface area contributed by atoms with E-state index in [0.717, 1.165) is 28.7 Å². The number of carbonyl (C=O) groups is 1. The highest BCUT2D eigenvalue weighted by Gasteiger charge is 2.24. The number of nitrogens with zero attached hydrogens (tertiary/aromatic N) is 2. The van der Waals surface area contributed by atoms with Crippen LogP contribution in [0, 0.1) is 13.8 Å². The van der Waals surface area contributed by atoms with Crippen molar-refractivity contribution >= 4 is 45.5 Å². The Labute approximate surface area is 191 Å². The average molecular weight is 438 g/mol. The van der Waals surface area contributed by atoms with E-state index in [0.29, 0.717) is 10.1 Å². The Morgan fingerprint density at radius 3 is 2.59 bits per heavy atom. The monoisotopic (exact) mass is 437 g/mol. The molecule has 1 aliphatic rings. The molecule has 0 bridgehead atoms. The Morgan fingerprint density at radius 1 is 0.969 bits per heavy atom. The molecule has 0 unspecified atom stereocenters. The first kappa shape index (κ1) is 20.3. The molecule has 1 fully saturated rings. The van der Waals surface area contributed by atoms with Crippen molar-refractivity contribution in [1.29, 1.82) is 0 Å². The van der Waals surface area contributed by atoms with Gasteiger partial charge in [0, 0.05) is 29.2 Å². The summed E-state index contributed by atoms with van der Waals surface area (Å²) in [5, 5.41) is 4.62. The third kappa shape index (κ3) is 4.25. The van der Waals surface area contributed by atoms with Crippen LogP contribution >= 0.6 is 11.8 Å². The number of aryl methyl sites for hydroxylation is 2. The zero-order chi connectivity index (χ0) is 22.1. The van der Waals surface area contributed by atoms with E-state index in [1.807, 2.05) is 43.3 Å². The molecule has 3 aromatic carbocycles. The van der Waals surface area contributed by atoms with Gasteiger partial charge in [-0.1, -0.05) is 65.7 Å². The number of fused-ring (bicyclic) bond motifs is 1. The maximum atomic E-state index is 12.6. The zero-order valence-corrected chi connectivity index (χ0v) is 18.8. The van der Waals surface area contributed by atoms with E-state index in [9.17, 15) is 4.79 Å². The van der Waals surface area contributed by atoms with Gasteiger partial charge in [0.05, 0.1) is 10.6 Å². The minimum Gasteiger partial charge on any atom is -0.342 e. The van der Waals surface area contributed by atoms with Crippen LogP contribution in [0.3, 0.4) is 0 Å². The summed E-state index contributed by atoms with van der Waals surface area (Å²) in [5.41, 5.74) is 6.69. The molecule has 0 saturated carbocycles. The summed E-state index contributed by atoms with van der Waals surface area (Å²) in [6.45, 7) is 4.93. The highest BCUT2D eigenvalue weighted by atomic mass is 32.2. The van der Waals surface area contributed by atoms with Gasteiger partial charge in [0.2, 0.25) is 0 Å². The van der Waals surface area contributed by atoms with Gasteiger partial charge < -0.3 is 9.88 Å². The molecule has 0 atom stereocenters. The van der Waals surface area contributed by atoms with E-state index in [1.54, 1.807) is 0 Å². The standard InChI is InChI=1S/C27H23N3OS/c1-18-10-12-22(13-11-18)28-27-29-26(31)25(32-27)15-21-17-30(24-9-4-3-8-23(21)24)16-20-7-5-6-19(2)14-20/h3-15,17H,16H2,1-2H3,(H,28,29,31)/b25-15-. The van der Waals surface area contributed by atoms with Crippen LogP contribution in [-0.2, 0) is 11.3 Å². The van der Waals surface area contributed by atoms with Crippen LogP contribution in [0.1, 0.15) is 22.3 Å². The third-order valence-corrected chi connectivity index (χ3v) is 6.37. The van der Waals surface area contributed by atoms with Crippen molar-refractivity contribution in [3.05, 3.63) is 106 Å². The summed E-state index contributed by atoms with van der Waals surface area (Å²) in [5.74, 6) is -0.114. The predicted octanol–water partition coefficient (Wildman–Crippen LogP) is 6.20. The van der Waals surface area contributed by atoms with Crippen molar-refractivity contribution in [3.8, 4) is 0 Å². The molecule has 158 valence electrons. The summed E-state index contributed by atoms with van der Waals surface area (Å²) in [6.07, 6.45) is 4.09. The highest BCUT2D eigenvalue weighted by molar-refractivity contribution is 8.18. The minimum absolute atomic E-state index is 0.114. The zero-order valence-electron chi connectivity index (χ0n) is 18.0. The number of carbonyl (C=O) groups excluding carboxylic acids is 1. The molecular formula is C27H23N3OS. The van der Waals surface area contributed by atoms with Crippen LogP contribution in [0.2, 0.25) is 0 Å². The smallest absolute Gasteiger partial charge is 0.264 e. The van der Waals surface area contributed by atoms with E-state index < -0.39 is 0 Å². The molecule has 0 spiro atoms. The van der Waals surface area contributed by atoms with Crippen molar-refractivity contribution in [2.24, 2.45) is 4.99 Å². The topological polar surface area (TPSA) is 46.4 Å². The molecule has 1 aromatic heterocycles. The number of thioether (sulfide) groups is 1. The van der Waals surface area contributed by atoms with E-state index in [-0.39, 0.29) is 5.91 Å². The fourth-order valence-electron chi connectivity index (χ4n) is 3.89. The second kappa shape index (κ2) is 8.52. The minimum atomic E-state index is -0.114. The van der Waals surface area contributed by atoms with E-state index in [4.69, 9.17) is 0 Å². The Bertz CT molecular complexity index is 1380. The molecule has 2 heterocycles. The van der Waals surface area contributed by atoms with Gasteiger partial charge in [-0.2, -0.15) is 0 Å². The number of hydrogen-bond acceptors (Lipinski definition) is 3. The average Bonchev–Trinajstić information content (AvgIpc) is 3.30. The van der Waals surface area contributed by atoms with Crippen LogP contribution in [0.4, 0.5) is 5.69 Å². The summed E-state index contributed by atoms with van der Waals surface area (Å²) >= 11 is 1.38. The third-order valence-electron chi connectivity index (χ3n) is 5.46. The summed E-state index contributed by atoms with van der Waals surface area (Å²) in [7, 11) is 0. The predicted molar refractivity (Wildman–Crippen MR) is 134 cm³/mol.